The third-order valence-corrected chi connectivity index (χ3v) is 4.66. The predicted molar refractivity (Wildman–Crippen MR) is 93.7 cm³/mol. The summed E-state index contributed by atoms with van der Waals surface area (Å²) in [4.78, 5) is 37.7. The summed E-state index contributed by atoms with van der Waals surface area (Å²) in [6.45, 7) is -1.32. The Hall–Kier alpha value is -3.30. The number of halogens is 5. The van der Waals surface area contributed by atoms with Gasteiger partial charge in [-0.05, 0) is 24.1 Å². The lowest BCUT2D eigenvalue weighted by molar-refractivity contribution is -0.143. The van der Waals surface area contributed by atoms with E-state index in [1.165, 1.54) is 12.1 Å². The molecule has 10 heteroatoms. The summed E-state index contributed by atoms with van der Waals surface area (Å²) in [6.07, 6.45) is -3.22. The maximum Gasteiger partial charge on any atom is 0.333 e. The zero-order valence-electron chi connectivity index (χ0n) is 15.4. The van der Waals surface area contributed by atoms with Crippen LogP contribution in [0.25, 0.3) is 0 Å². The molecule has 2 aromatic carbocycles. The number of nitrogens with zero attached hydrogens (tertiary/aromatic N) is 2. The largest absolute Gasteiger partial charge is 0.333 e. The van der Waals surface area contributed by atoms with Crippen molar-refractivity contribution in [3.05, 3.63) is 70.8 Å². The van der Waals surface area contributed by atoms with Gasteiger partial charge in [-0.2, -0.15) is 0 Å². The maximum atomic E-state index is 14.5. The topological polar surface area (TPSA) is 57.7 Å². The Bertz CT molecular complexity index is 1010. The Morgan fingerprint density at radius 1 is 0.833 bits per heavy atom. The molecule has 158 valence electrons. The second-order valence-electron chi connectivity index (χ2n) is 6.58. The van der Waals surface area contributed by atoms with Gasteiger partial charge in [-0.15, -0.1) is 0 Å². The Morgan fingerprint density at radius 2 is 1.43 bits per heavy atom. The first-order valence-electron chi connectivity index (χ1n) is 8.86. The van der Waals surface area contributed by atoms with Crippen LogP contribution >= 0.6 is 0 Å². The van der Waals surface area contributed by atoms with Gasteiger partial charge >= 0.3 is 6.03 Å². The summed E-state index contributed by atoms with van der Waals surface area (Å²) >= 11 is 0. The van der Waals surface area contributed by atoms with Crippen molar-refractivity contribution in [2.75, 3.05) is 13.1 Å². The zero-order valence-corrected chi connectivity index (χ0v) is 15.4. The van der Waals surface area contributed by atoms with E-state index >= 15 is 0 Å². The minimum absolute atomic E-state index is 0.0933. The van der Waals surface area contributed by atoms with E-state index in [-0.39, 0.29) is 18.5 Å². The smallest absolute Gasteiger partial charge is 0.274 e. The van der Waals surface area contributed by atoms with Crippen molar-refractivity contribution in [1.82, 2.24) is 9.80 Å². The van der Waals surface area contributed by atoms with Crippen molar-refractivity contribution in [3.8, 4) is 0 Å². The molecule has 1 atom stereocenters. The fourth-order valence-corrected chi connectivity index (χ4v) is 3.07. The molecular weight excluding hydrogens is 411 g/mol. The van der Waals surface area contributed by atoms with Crippen LogP contribution < -0.4 is 0 Å². The van der Waals surface area contributed by atoms with E-state index < -0.39 is 65.8 Å². The van der Waals surface area contributed by atoms with Gasteiger partial charge in [0.15, 0.2) is 23.3 Å². The normalized spacial score (nSPS) is 15.7. The Morgan fingerprint density at radius 3 is 2.13 bits per heavy atom. The van der Waals surface area contributed by atoms with Crippen LogP contribution in [0.1, 0.15) is 23.7 Å². The molecule has 1 aliphatic rings. The molecule has 1 aliphatic heterocycles. The maximum absolute atomic E-state index is 14.5. The summed E-state index contributed by atoms with van der Waals surface area (Å²) in [5, 5.41) is 0. The number of benzene rings is 2. The molecule has 1 heterocycles. The number of hydrogen-bond donors (Lipinski definition) is 0. The highest BCUT2D eigenvalue weighted by Crippen LogP contribution is 2.26. The number of carbonyl (C=O) groups is 3. The minimum Gasteiger partial charge on any atom is -0.274 e. The van der Waals surface area contributed by atoms with Gasteiger partial charge in [-0.3, -0.25) is 19.4 Å². The summed E-state index contributed by atoms with van der Waals surface area (Å²) in [5.41, 5.74) is -0.773. The summed E-state index contributed by atoms with van der Waals surface area (Å²) < 4.78 is 68.7. The number of imide groups is 2. The fraction of sp³-hybridized carbons (Fsp3) is 0.250. The van der Waals surface area contributed by atoms with Crippen LogP contribution in [0.15, 0.2) is 36.4 Å². The number of alkyl halides is 1. The number of hydrogen-bond acceptors (Lipinski definition) is 3. The van der Waals surface area contributed by atoms with Gasteiger partial charge in [0, 0.05) is 12.1 Å². The Balaban J connectivity index is 1.75. The van der Waals surface area contributed by atoms with Crippen LogP contribution in [0.4, 0.5) is 26.7 Å². The van der Waals surface area contributed by atoms with Crippen molar-refractivity contribution in [2.24, 2.45) is 0 Å². The van der Waals surface area contributed by atoms with Gasteiger partial charge in [-0.25, -0.2) is 26.7 Å². The minimum atomic E-state index is -2.23. The molecule has 0 bridgehead atoms. The molecule has 4 amide bonds. The van der Waals surface area contributed by atoms with Crippen molar-refractivity contribution in [3.63, 3.8) is 0 Å². The first kappa shape index (κ1) is 21.4. The molecule has 0 spiro atoms. The molecule has 1 fully saturated rings. The number of amides is 4. The van der Waals surface area contributed by atoms with Crippen molar-refractivity contribution in [2.45, 2.75) is 19.0 Å². The lowest BCUT2D eigenvalue weighted by Crippen LogP contribution is -2.56. The van der Waals surface area contributed by atoms with E-state index in [2.05, 4.69) is 0 Å². The molecule has 1 saturated heterocycles. The van der Waals surface area contributed by atoms with Gasteiger partial charge < -0.3 is 0 Å². The van der Waals surface area contributed by atoms with E-state index in [1.807, 2.05) is 0 Å². The van der Waals surface area contributed by atoms with E-state index in [0.717, 1.165) is 24.3 Å². The highest BCUT2D eigenvalue weighted by molar-refractivity contribution is 6.14. The molecule has 0 aromatic heterocycles. The highest BCUT2D eigenvalue weighted by atomic mass is 19.2. The number of rotatable bonds is 6. The van der Waals surface area contributed by atoms with Gasteiger partial charge in [0.05, 0.1) is 6.54 Å². The van der Waals surface area contributed by atoms with Crippen molar-refractivity contribution in [1.29, 1.82) is 0 Å². The second kappa shape index (κ2) is 8.60. The second-order valence-corrected chi connectivity index (χ2v) is 6.58. The molecular formula is C20H15F5N2O3. The van der Waals surface area contributed by atoms with Crippen LogP contribution in [0.5, 0.6) is 0 Å². The average Bonchev–Trinajstić information content (AvgIpc) is 2.70. The third-order valence-electron chi connectivity index (χ3n) is 4.66. The van der Waals surface area contributed by atoms with Gasteiger partial charge in [0.2, 0.25) is 11.8 Å². The SMILES string of the molecule is O=C1CC(=O)N(CC(F)c2cccc(F)c2F)C(=O)N1CCc1cccc(F)c1F. The molecule has 5 nitrogen and oxygen atoms in total. The summed E-state index contributed by atoms with van der Waals surface area (Å²) in [7, 11) is 0. The highest BCUT2D eigenvalue weighted by Gasteiger charge is 2.39. The lowest BCUT2D eigenvalue weighted by atomic mass is 10.1. The van der Waals surface area contributed by atoms with Gasteiger partial charge in [0.25, 0.3) is 0 Å². The van der Waals surface area contributed by atoms with Gasteiger partial charge in [0.1, 0.15) is 12.6 Å². The molecule has 30 heavy (non-hydrogen) atoms. The quantitative estimate of drug-likeness (QED) is 0.523. The summed E-state index contributed by atoms with van der Waals surface area (Å²) in [6, 6.07) is 5.08. The predicted octanol–water partition coefficient (Wildman–Crippen LogP) is 3.68. The molecule has 0 aliphatic carbocycles. The first-order valence-corrected chi connectivity index (χ1v) is 8.86. The Kier molecular flexibility index (Phi) is 6.14. The number of carbonyl (C=O) groups excluding carboxylic acids is 3. The fourth-order valence-electron chi connectivity index (χ4n) is 3.07. The molecule has 0 N–H and O–H groups in total. The number of urea groups is 1. The van der Waals surface area contributed by atoms with Crippen LogP contribution in [0.2, 0.25) is 0 Å². The monoisotopic (exact) mass is 426 g/mol. The number of barbiturate groups is 1. The molecule has 0 radical (unpaired) electrons. The van der Waals surface area contributed by atoms with Gasteiger partial charge in [-0.1, -0.05) is 24.3 Å². The van der Waals surface area contributed by atoms with Crippen LogP contribution in [-0.2, 0) is 16.0 Å². The van der Waals surface area contributed by atoms with E-state index in [1.54, 1.807) is 0 Å². The molecule has 0 saturated carbocycles. The van der Waals surface area contributed by atoms with E-state index in [9.17, 15) is 36.3 Å². The van der Waals surface area contributed by atoms with Crippen LogP contribution in [0, 0.1) is 23.3 Å². The molecule has 2 aromatic rings. The zero-order chi connectivity index (χ0) is 22.0. The van der Waals surface area contributed by atoms with Crippen LogP contribution in [-0.4, -0.2) is 40.7 Å². The standard InChI is InChI=1S/C20H15F5N2O3/c21-13-5-1-3-11(18(13)24)7-8-26-16(28)9-17(29)27(20(26)30)10-15(23)12-4-2-6-14(22)19(12)25/h1-6,15H,7-10H2. The van der Waals surface area contributed by atoms with Crippen molar-refractivity contribution >= 4 is 17.8 Å². The van der Waals surface area contributed by atoms with Crippen LogP contribution in [0.3, 0.4) is 0 Å². The van der Waals surface area contributed by atoms with E-state index in [0.29, 0.717) is 9.80 Å². The first-order chi connectivity index (χ1) is 14.2. The molecule has 3 rings (SSSR count). The van der Waals surface area contributed by atoms with E-state index in [4.69, 9.17) is 0 Å². The average molecular weight is 426 g/mol. The Labute approximate surface area is 167 Å². The summed E-state index contributed by atoms with van der Waals surface area (Å²) in [5.74, 6) is -6.86. The lowest BCUT2D eigenvalue weighted by Gasteiger charge is -2.33. The third kappa shape index (κ3) is 4.17. The van der Waals surface area contributed by atoms with Crippen molar-refractivity contribution < 1.29 is 36.3 Å². The molecule has 1 unspecified atom stereocenters.